The lowest BCUT2D eigenvalue weighted by Crippen LogP contribution is -2.41. The molecule has 1 saturated heterocycles. The molecule has 0 bridgehead atoms. The fourth-order valence-corrected chi connectivity index (χ4v) is 2.32. The van der Waals surface area contributed by atoms with Crippen molar-refractivity contribution in [2.45, 2.75) is 45.8 Å². The molecule has 0 atom stereocenters. The Labute approximate surface area is 136 Å². The van der Waals surface area contributed by atoms with Crippen LogP contribution in [0.5, 0.6) is 0 Å². The molecule has 1 aromatic carbocycles. The summed E-state index contributed by atoms with van der Waals surface area (Å²) in [6.07, 6.45) is 1.56. The summed E-state index contributed by atoms with van der Waals surface area (Å²) in [6, 6.07) is 2.90. The maximum atomic E-state index is 14.0. The average Bonchev–Trinajstić information content (AvgIpc) is 2.61. The van der Waals surface area contributed by atoms with E-state index in [2.05, 4.69) is 0 Å². The lowest BCUT2D eigenvalue weighted by Gasteiger charge is -2.32. The van der Waals surface area contributed by atoms with Gasteiger partial charge in [0.05, 0.1) is 17.8 Å². The number of aliphatic hydroxyl groups excluding tert-OH is 1. The van der Waals surface area contributed by atoms with Crippen LogP contribution in [0, 0.1) is 12.7 Å². The second-order valence-corrected chi connectivity index (χ2v) is 7.00. The van der Waals surface area contributed by atoms with Crippen LogP contribution in [0.1, 0.15) is 38.8 Å². The van der Waals surface area contributed by atoms with Gasteiger partial charge in [0.25, 0.3) is 0 Å². The number of benzene rings is 1. The molecule has 3 nitrogen and oxygen atoms in total. The van der Waals surface area contributed by atoms with E-state index in [4.69, 9.17) is 20.9 Å². The lowest BCUT2D eigenvalue weighted by atomic mass is 9.77. The molecule has 0 saturated carbocycles. The van der Waals surface area contributed by atoms with Crippen LogP contribution in [0.2, 0.25) is 5.02 Å². The molecule has 1 fully saturated rings. The molecule has 1 aliphatic rings. The third kappa shape index (κ3) is 3.23. The monoisotopic (exact) mass is 326 g/mol. The van der Waals surface area contributed by atoms with Crippen molar-refractivity contribution < 1.29 is 18.8 Å². The van der Waals surface area contributed by atoms with Crippen LogP contribution in [0.15, 0.2) is 17.6 Å². The Morgan fingerprint density at radius 3 is 2.32 bits per heavy atom. The molecule has 120 valence electrons. The summed E-state index contributed by atoms with van der Waals surface area (Å²) in [6.45, 7) is 9.22. The fraction of sp³-hybridized carbons (Fsp3) is 0.500. The van der Waals surface area contributed by atoms with Crippen LogP contribution in [0.25, 0.3) is 6.08 Å². The summed E-state index contributed by atoms with van der Waals surface area (Å²) in [5, 5.41) is 10.00. The van der Waals surface area contributed by atoms with E-state index in [1.54, 1.807) is 19.1 Å². The van der Waals surface area contributed by atoms with Gasteiger partial charge in [-0.2, -0.15) is 0 Å². The molecule has 1 heterocycles. The third-order valence-corrected chi connectivity index (χ3v) is 4.76. The lowest BCUT2D eigenvalue weighted by molar-refractivity contribution is 0.00578. The van der Waals surface area contributed by atoms with Gasteiger partial charge in [-0.1, -0.05) is 17.7 Å². The van der Waals surface area contributed by atoms with Gasteiger partial charge < -0.3 is 14.4 Å². The maximum absolute atomic E-state index is 14.0. The van der Waals surface area contributed by atoms with Crippen LogP contribution in [0.3, 0.4) is 0 Å². The highest BCUT2D eigenvalue weighted by Gasteiger charge is 2.52. The Hall–Kier alpha value is -0.875. The van der Waals surface area contributed by atoms with Crippen LogP contribution < -0.4 is 0 Å². The van der Waals surface area contributed by atoms with E-state index in [9.17, 15) is 9.50 Å². The fourth-order valence-electron chi connectivity index (χ4n) is 2.17. The van der Waals surface area contributed by atoms with Gasteiger partial charge in [-0.25, -0.2) is 4.39 Å². The quantitative estimate of drug-likeness (QED) is 0.859. The van der Waals surface area contributed by atoms with Crippen molar-refractivity contribution in [1.82, 2.24) is 0 Å². The minimum atomic E-state index is -0.703. The van der Waals surface area contributed by atoms with Crippen molar-refractivity contribution in [2.24, 2.45) is 0 Å². The topological polar surface area (TPSA) is 38.7 Å². The van der Waals surface area contributed by atoms with Crippen molar-refractivity contribution in [2.75, 3.05) is 6.61 Å². The predicted molar refractivity (Wildman–Crippen MR) is 87.3 cm³/mol. The maximum Gasteiger partial charge on any atom is 0.492 e. The Morgan fingerprint density at radius 2 is 1.82 bits per heavy atom. The zero-order chi connectivity index (χ0) is 16.7. The van der Waals surface area contributed by atoms with E-state index in [-0.39, 0.29) is 6.61 Å². The first kappa shape index (κ1) is 17.5. The van der Waals surface area contributed by atoms with Gasteiger partial charge in [-0.3, -0.25) is 0 Å². The number of aliphatic hydroxyl groups is 1. The zero-order valence-electron chi connectivity index (χ0n) is 13.5. The van der Waals surface area contributed by atoms with Crippen LogP contribution in [-0.4, -0.2) is 30.0 Å². The first-order chi connectivity index (χ1) is 10.1. The second-order valence-electron chi connectivity index (χ2n) is 6.59. The summed E-state index contributed by atoms with van der Waals surface area (Å²) >= 11 is 5.90. The minimum Gasteiger partial charge on any atom is -0.400 e. The van der Waals surface area contributed by atoms with Crippen molar-refractivity contribution in [3.63, 3.8) is 0 Å². The largest absolute Gasteiger partial charge is 0.492 e. The normalized spacial score (nSPS) is 20.5. The Bertz CT molecular complexity index is 598. The molecular weight excluding hydrogens is 305 g/mol. The number of halogens is 2. The molecule has 1 aromatic rings. The minimum absolute atomic E-state index is 0.280. The molecule has 0 spiro atoms. The van der Waals surface area contributed by atoms with E-state index in [1.165, 1.54) is 6.07 Å². The molecule has 1 aliphatic heterocycles. The van der Waals surface area contributed by atoms with Crippen molar-refractivity contribution in [1.29, 1.82) is 0 Å². The van der Waals surface area contributed by atoms with Gasteiger partial charge in [-0.05, 0) is 57.8 Å². The van der Waals surface area contributed by atoms with E-state index < -0.39 is 24.1 Å². The van der Waals surface area contributed by atoms with Gasteiger partial charge in [0.1, 0.15) is 5.82 Å². The highest BCUT2D eigenvalue weighted by molar-refractivity contribution is 6.55. The van der Waals surface area contributed by atoms with Crippen molar-refractivity contribution >= 4 is 24.8 Å². The number of aryl methyl sites for hydroxylation is 1. The molecule has 6 heteroatoms. The standard InChI is InChI=1S/C16H21BClFO3/c1-10-6-11(14(19)8-13(10)18)7-12(9-20)17-21-15(2,3)16(4,5)22-17/h6-8,20H,9H2,1-5H3. The number of hydrogen-bond acceptors (Lipinski definition) is 3. The summed E-state index contributed by atoms with van der Waals surface area (Å²) in [4.78, 5) is 0. The molecule has 1 N–H and O–H groups in total. The summed E-state index contributed by atoms with van der Waals surface area (Å²) < 4.78 is 25.8. The average molecular weight is 327 g/mol. The number of hydrogen-bond donors (Lipinski definition) is 1. The zero-order valence-corrected chi connectivity index (χ0v) is 14.3. The Balaban J connectivity index is 2.36. The van der Waals surface area contributed by atoms with E-state index >= 15 is 0 Å². The van der Waals surface area contributed by atoms with E-state index in [1.807, 2.05) is 27.7 Å². The first-order valence-corrected chi connectivity index (χ1v) is 7.58. The van der Waals surface area contributed by atoms with Crippen LogP contribution in [-0.2, 0) is 9.31 Å². The van der Waals surface area contributed by atoms with Gasteiger partial charge in [0.2, 0.25) is 0 Å². The van der Waals surface area contributed by atoms with Gasteiger partial charge >= 0.3 is 7.12 Å². The highest BCUT2D eigenvalue weighted by Crippen LogP contribution is 2.38. The highest BCUT2D eigenvalue weighted by atomic mass is 35.5. The molecule has 0 amide bonds. The van der Waals surface area contributed by atoms with Crippen LogP contribution >= 0.6 is 11.6 Å². The molecule has 0 radical (unpaired) electrons. The molecule has 2 rings (SSSR count). The number of rotatable bonds is 3. The predicted octanol–water partition coefficient (Wildman–Crippen LogP) is 3.79. The molecular formula is C16H21BClFO3. The third-order valence-electron chi connectivity index (χ3n) is 4.36. The van der Waals surface area contributed by atoms with Gasteiger partial charge in [-0.15, -0.1) is 0 Å². The van der Waals surface area contributed by atoms with Crippen molar-refractivity contribution in [3.8, 4) is 0 Å². The summed E-state index contributed by atoms with van der Waals surface area (Å²) in [7, 11) is -0.703. The molecule has 0 unspecified atom stereocenters. The van der Waals surface area contributed by atoms with Crippen LogP contribution in [0.4, 0.5) is 4.39 Å². The molecule has 0 aromatic heterocycles. The SMILES string of the molecule is Cc1cc(C=C(CO)B2OC(C)(C)C(C)(C)O2)c(F)cc1Cl. The second kappa shape index (κ2) is 5.97. The Morgan fingerprint density at radius 1 is 1.27 bits per heavy atom. The van der Waals surface area contributed by atoms with E-state index in [0.717, 1.165) is 5.56 Å². The van der Waals surface area contributed by atoms with Gasteiger partial charge in [0.15, 0.2) is 0 Å². The summed E-state index contributed by atoms with van der Waals surface area (Å²) in [5.74, 6) is -0.446. The first-order valence-electron chi connectivity index (χ1n) is 7.20. The van der Waals surface area contributed by atoms with Gasteiger partial charge in [0, 0.05) is 10.6 Å². The van der Waals surface area contributed by atoms with E-state index in [0.29, 0.717) is 16.1 Å². The van der Waals surface area contributed by atoms with Crippen molar-refractivity contribution in [3.05, 3.63) is 39.6 Å². The Kier molecular flexibility index (Phi) is 4.74. The smallest absolute Gasteiger partial charge is 0.400 e. The summed E-state index contributed by atoms with van der Waals surface area (Å²) in [5.41, 5.74) is 0.557. The molecule has 22 heavy (non-hydrogen) atoms. The molecule has 0 aliphatic carbocycles.